The molecular weight excluding hydrogens is 450 g/mol. The SMILES string of the molecule is Cl.N.N.N.N.O=[N+]([O-])c1cccc(Nc2nc(N3CCCCC3)nc(N3CCCCC3)n2)c1.[HH].[HH].[HH].[HH]. The quantitative estimate of drug-likeness (QED) is 0.252. The lowest BCUT2D eigenvalue weighted by atomic mass is 10.1. The molecule has 3 heterocycles. The number of nitrogens with one attached hydrogen (secondary N) is 1. The highest BCUT2D eigenvalue weighted by molar-refractivity contribution is 5.85. The lowest BCUT2D eigenvalue weighted by molar-refractivity contribution is -0.384. The van der Waals surface area contributed by atoms with Crippen molar-refractivity contribution in [1.82, 2.24) is 39.6 Å². The van der Waals surface area contributed by atoms with Gasteiger partial charge in [-0.1, -0.05) is 6.07 Å². The highest BCUT2D eigenvalue weighted by Gasteiger charge is 2.20. The van der Waals surface area contributed by atoms with Gasteiger partial charge in [0.05, 0.1) is 4.92 Å². The molecule has 4 rings (SSSR count). The Kier molecular flexibility index (Phi) is 14.8. The minimum atomic E-state index is -0.406. The number of aromatic nitrogens is 3. The van der Waals surface area contributed by atoms with E-state index < -0.39 is 4.92 Å². The standard InChI is InChI=1S/C19H25N7O2.ClH.4H3N.4H2/c27-26(28)16-9-7-8-15(14-16)20-17-21-18(24-10-3-1-4-11-24)23-19(22-17)25-12-5-2-6-13-25;;;;;;;;;/h7-9,14H,1-6,10-13H2,(H,20,21,22,23);1H;4*1H3;4*1H. The number of hydrogen-bond acceptors (Lipinski definition) is 12. The minimum absolute atomic E-state index is 0. The van der Waals surface area contributed by atoms with Crippen LogP contribution < -0.4 is 39.7 Å². The van der Waals surface area contributed by atoms with E-state index in [1.807, 2.05) is 0 Å². The molecule has 0 atom stereocenters. The maximum absolute atomic E-state index is 11.1. The average Bonchev–Trinajstić information content (AvgIpc) is 2.75. The maximum atomic E-state index is 11.1. The fraction of sp³-hybridized carbons (Fsp3) is 0.526. The van der Waals surface area contributed by atoms with Crippen molar-refractivity contribution in [3.8, 4) is 0 Å². The number of rotatable bonds is 5. The molecule has 1 aromatic carbocycles. The summed E-state index contributed by atoms with van der Waals surface area (Å²) < 4.78 is 0. The van der Waals surface area contributed by atoms with Crippen molar-refractivity contribution >= 4 is 41.6 Å². The molecule has 2 aliphatic heterocycles. The van der Waals surface area contributed by atoms with Gasteiger partial charge in [-0.3, -0.25) is 10.1 Å². The summed E-state index contributed by atoms with van der Waals surface area (Å²) in [6, 6.07) is 6.39. The summed E-state index contributed by atoms with van der Waals surface area (Å²) in [6.07, 6.45) is 7.02. The number of halogens is 1. The van der Waals surface area contributed by atoms with Gasteiger partial charge in [-0.15, -0.1) is 12.4 Å². The Labute approximate surface area is 206 Å². The largest absolute Gasteiger partial charge is 0.344 e. The zero-order valence-corrected chi connectivity index (χ0v) is 19.9. The van der Waals surface area contributed by atoms with Gasteiger partial charge in [-0.25, -0.2) is 0 Å². The fourth-order valence-corrected chi connectivity index (χ4v) is 3.71. The van der Waals surface area contributed by atoms with E-state index in [0.29, 0.717) is 23.5 Å². The van der Waals surface area contributed by atoms with Crippen LogP contribution in [-0.2, 0) is 0 Å². The lowest BCUT2D eigenvalue weighted by Gasteiger charge is -2.30. The number of anilines is 4. The van der Waals surface area contributed by atoms with E-state index in [9.17, 15) is 10.1 Å². The third-order valence-corrected chi connectivity index (χ3v) is 5.20. The van der Waals surface area contributed by atoms with Crippen molar-refractivity contribution in [2.45, 2.75) is 38.5 Å². The van der Waals surface area contributed by atoms with Gasteiger partial charge in [0.2, 0.25) is 17.8 Å². The summed E-state index contributed by atoms with van der Waals surface area (Å²) in [5.74, 6) is 1.79. The summed E-state index contributed by atoms with van der Waals surface area (Å²) in [6.45, 7) is 3.78. The van der Waals surface area contributed by atoms with Gasteiger partial charge >= 0.3 is 0 Å². The van der Waals surface area contributed by atoms with E-state index in [1.54, 1.807) is 12.1 Å². The van der Waals surface area contributed by atoms with Crippen LogP contribution in [0.15, 0.2) is 24.3 Å². The van der Waals surface area contributed by atoms with Gasteiger partial charge < -0.3 is 39.7 Å². The number of nitro groups is 1. The van der Waals surface area contributed by atoms with E-state index in [-0.39, 0.29) is 48.4 Å². The van der Waals surface area contributed by atoms with E-state index >= 15 is 0 Å². The molecule has 196 valence electrons. The van der Waals surface area contributed by atoms with Crippen LogP contribution in [0.1, 0.15) is 44.2 Å². The summed E-state index contributed by atoms with van der Waals surface area (Å²) in [5.41, 5.74) is 0.626. The molecule has 2 aromatic rings. The number of nitrogens with zero attached hydrogens (tertiary/aromatic N) is 6. The molecular formula is C19H46ClN11O2. The minimum Gasteiger partial charge on any atom is -0.344 e. The number of piperidine rings is 2. The van der Waals surface area contributed by atoms with Crippen LogP contribution in [-0.4, -0.2) is 46.1 Å². The van der Waals surface area contributed by atoms with Crippen LogP contribution >= 0.6 is 12.4 Å². The molecule has 0 amide bonds. The molecule has 1 aromatic heterocycles. The molecule has 13 N–H and O–H groups in total. The van der Waals surface area contributed by atoms with E-state index in [1.165, 1.54) is 25.0 Å². The average molecular weight is 496 g/mol. The van der Waals surface area contributed by atoms with Crippen molar-refractivity contribution < 1.29 is 10.6 Å². The second kappa shape index (κ2) is 15.1. The van der Waals surface area contributed by atoms with Crippen molar-refractivity contribution in [2.24, 2.45) is 0 Å². The molecule has 33 heavy (non-hydrogen) atoms. The fourth-order valence-electron chi connectivity index (χ4n) is 3.71. The molecule has 0 saturated carbocycles. The zero-order chi connectivity index (χ0) is 19.3. The summed E-state index contributed by atoms with van der Waals surface area (Å²) in [4.78, 5) is 29.0. The van der Waals surface area contributed by atoms with Gasteiger partial charge in [0.1, 0.15) is 0 Å². The molecule has 0 spiro atoms. The zero-order valence-electron chi connectivity index (χ0n) is 19.1. The van der Waals surface area contributed by atoms with E-state index in [4.69, 9.17) is 4.98 Å². The number of nitro benzene ring substituents is 1. The van der Waals surface area contributed by atoms with Crippen LogP contribution in [0.5, 0.6) is 0 Å². The van der Waals surface area contributed by atoms with Crippen LogP contribution in [0, 0.1) is 10.1 Å². The first-order valence-electron chi connectivity index (χ1n) is 9.96. The summed E-state index contributed by atoms with van der Waals surface area (Å²) >= 11 is 0. The molecule has 2 aliphatic rings. The molecule has 0 bridgehead atoms. The predicted octanol–water partition coefficient (Wildman–Crippen LogP) is 5.56. The third kappa shape index (κ3) is 8.22. The number of hydrogen-bond donors (Lipinski definition) is 5. The van der Waals surface area contributed by atoms with Gasteiger partial charge in [0.25, 0.3) is 5.69 Å². The van der Waals surface area contributed by atoms with Crippen LogP contribution in [0.25, 0.3) is 0 Å². The second-order valence-corrected chi connectivity index (χ2v) is 7.29. The van der Waals surface area contributed by atoms with Crippen LogP contribution in [0.2, 0.25) is 0 Å². The van der Waals surface area contributed by atoms with Crippen LogP contribution in [0.3, 0.4) is 0 Å². The Morgan fingerprint density at radius 1 is 0.818 bits per heavy atom. The highest BCUT2D eigenvalue weighted by Crippen LogP contribution is 2.25. The second-order valence-electron chi connectivity index (χ2n) is 7.29. The first-order chi connectivity index (χ1) is 13.7. The van der Waals surface area contributed by atoms with Gasteiger partial charge in [-0.05, 0) is 44.6 Å². The Balaban J connectivity index is -0.000000267. The monoisotopic (exact) mass is 495 g/mol. The lowest BCUT2D eigenvalue weighted by Crippen LogP contribution is -2.34. The third-order valence-electron chi connectivity index (χ3n) is 5.20. The van der Waals surface area contributed by atoms with Gasteiger partial charge in [-0.2, -0.15) is 15.0 Å². The number of non-ortho nitro benzene ring substituents is 1. The molecule has 0 aliphatic carbocycles. The van der Waals surface area contributed by atoms with E-state index in [2.05, 4.69) is 25.1 Å². The van der Waals surface area contributed by atoms with Crippen molar-refractivity contribution in [1.29, 1.82) is 0 Å². The molecule has 0 unspecified atom stereocenters. The van der Waals surface area contributed by atoms with Crippen molar-refractivity contribution in [2.75, 3.05) is 41.3 Å². The van der Waals surface area contributed by atoms with Crippen LogP contribution in [0.4, 0.5) is 29.2 Å². The number of benzene rings is 1. The van der Waals surface area contributed by atoms with Crippen molar-refractivity contribution in [3.63, 3.8) is 0 Å². The highest BCUT2D eigenvalue weighted by atomic mass is 35.5. The Hall–Kier alpha value is -2.84. The first kappa shape index (κ1) is 32.3. The molecule has 14 heteroatoms. The smallest absolute Gasteiger partial charge is 0.271 e. The molecule has 0 radical (unpaired) electrons. The molecule has 2 saturated heterocycles. The van der Waals surface area contributed by atoms with Gasteiger partial charge in [0, 0.05) is 49.7 Å². The van der Waals surface area contributed by atoms with Crippen molar-refractivity contribution in [3.05, 3.63) is 34.4 Å². The maximum Gasteiger partial charge on any atom is 0.271 e. The first-order valence-corrected chi connectivity index (χ1v) is 9.96. The topological polar surface area (TPSA) is 240 Å². The molecule has 13 nitrogen and oxygen atoms in total. The predicted molar refractivity (Wildman–Crippen MR) is 144 cm³/mol. The normalized spacial score (nSPS) is 14.8. The summed E-state index contributed by atoms with van der Waals surface area (Å²) in [7, 11) is 0. The van der Waals surface area contributed by atoms with E-state index in [0.717, 1.165) is 51.9 Å². The Morgan fingerprint density at radius 3 is 1.76 bits per heavy atom. The van der Waals surface area contributed by atoms with Gasteiger partial charge in [0.15, 0.2) is 0 Å². The Bertz CT molecular complexity index is 828. The Morgan fingerprint density at radius 2 is 1.30 bits per heavy atom. The molecule has 2 fully saturated rings. The summed E-state index contributed by atoms with van der Waals surface area (Å²) in [5, 5.41) is 14.2.